The Labute approximate surface area is 97.1 Å². The van der Waals surface area contributed by atoms with Gasteiger partial charge in [0.2, 0.25) is 0 Å². The van der Waals surface area contributed by atoms with Gasteiger partial charge in [0.25, 0.3) is 5.69 Å². The maximum absolute atomic E-state index is 10.6. The van der Waals surface area contributed by atoms with Crippen LogP contribution in [0.2, 0.25) is 0 Å². The number of nitro benzene ring substituents is 1. The van der Waals surface area contributed by atoms with Crippen molar-refractivity contribution >= 4 is 27.2 Å². The molecule has 84 valence electrons. The first-order chi connectivity index (χ1) is 7.38. The highest BCUT2D eigenvalue weighted by Crippen LogP contribution is 2.32. The van der Waals surface area contributed by atoms with Crippen LogP contribution in [0.3, 0.4) is 0 Å². The summed E-state index contributed by atoms with van der Waals surface area (Å²) in [6.07, 6.45) is 0. The van der Waals surface area contributed by atoms with Crippen molar-refractivity contribution in [1.82, 2.24) is 4.98 Å². The number of hydrogen-bond acceptors (Lipinski definition) is 4. The molecule has 0 aliphatic rings. The predicted molar refractivity (Wildman–Crippen MR) is 65.0 cm³/mol. The molecule has 0 aliphatic heterocycles. The van der Waals surface area contributed by atoms with Crippen LogP contribution < -0.4 is 0 Å². The lowest BCUT2D eigenvalue weighted by Crippen LogP contribution is -2.09. The molecule has 0 fully saturated rings. The number of nitrogens with zero attached hydrogens (tertiary/aromatic N) is 2. The average Bonchev–Trinajstić information content (AvgIpc) is 2.58. The van der Waals surface area contributed by atoms with Gasteiger partial charge in [-0.1, -0.05) is 20.8 Å². The molecule has 1 aromatic heterocycles. The number of hydrogen-bond donors (Lipinski definition) is 0. The molecule has 16 heavy (non-hydrogen) atoms. The van der Waals surface area contributed by atoms with E-state index in [1.54, 1.807) is 12.1 Å². The molecule has 0 N–H and O–H groups in total. The predicted octanol–water partition coefficient (Wildman–Crippen LogP) is 3.50. The van der Waals surface area contributed by atoms with Crippen LogP contribution in [0.25, 0.3) is 10.2 Å². The molecular weight excluding hydrogens is 224 g/mol. The van der Waals surface area contributed by atoms with Gasteiger partial charge in [0.05, 0.1) is 20.1 Å². The zero-order chi connectivity index (χ0) is 11.9. The first kappa shape index (κ1) is 11.0. The second-order valence-corrected chi connectivity index (χ2v) is 5.71. The standard InChI is InChI=1S/C11H12N2O2S/c1-11(2,3)10-12-8-5-4-7(13(14)15)6-9(8)16-10/h4-6H,1-3H3. The summed E-state index contributed by atoms with van der Waals surface area (Å²) in [5.74, 6) is 0. The summed E-state index contributed by atoms with van der Waals surface area (Å²) < 4.78 is 0.874. The number of aromatic nitrogens is 1. The summed E-state index contributed by atoms with van der Waals surface area (Å²) in [7, 11) is 0. The van der Waals surface area contributed by atoms with Gasteiger partial charge in [0.15, 0.2) is 0 Å². The van der Waals surface area contributed by atoms with Crippen LogP contribution in [-0.4, -0.2) is 9.91 Å². The van der Waals surface area contributed by atoms with Crippen LogP contribution in [0.15, 0.2) is 18.2 Å². The smallest absolute Gasteiger partial charge is 0.258 e. The number of rotatable bonds is 1. The van der Waals surface area contributed by atoms with Crippen LogP contribution in [0.4, 0.5) is 5.69 Å². The van der Waals surface area contributed by atoms with Crippen molar-refractivity contribution < 1.29 is 4.92 Å². The Balaban J connectivity index is 2.59. The number of non-ortho nitro benzene ring substituents is 1. The van der Waals surface area contributed by atoms with E-state index in [4.69, 9.17) is 0 Å². The van der Waals surface area contributed by atoms with Gasteiger partial charge in [-0.3, -0.25) is 10.1 Å². The van der Waals surface area contributed by atoms with E-state index in [1.807, 2.05) is 0 Å². The minimum atomic E-state index is -0.379. The van der Waals surface area contributed by atoms with Crippen molar-refractivity contribution in [3.05, 3.63) is 33.3 Å². The maximum atomic E-state index is 10.6. The van der Waals surface area contributed by atoms with Gasteiger partial charge in [-0.15, -0.1) is 11.3 Å². The highest BCUT2D eigenvalue weighted by atomic mass is 32.1. The average molecular weight is 236 g/mol. The van der Waals surface area contributed by atoms with Crippen molar-refractivity contribution in [1.29, 1.82) is 0 Å². The van der Waals surface area contributed by atoms with E-state index < -0.39 is 0 Å². The van der Waals surface area contributed by atoms with Gasteiger partial charge < -0.3 is 0 Å². The van der Waals surface area contributed by atoms with Crippen LogP contribution >= 0.6 is 11.3 Å². The molecule has 4 nitrogen and oxygen atoms in total. The summed E-state index contributed by atoms with van der Waals surface area (Å²) in [6.45, 7) is 6.25. The molecule has 2 rings (SSSR count). The molecule has 0 bridgehead atoms. The lowest BCUT2D eigenvalue weighted by atomic mass is 9.98. The molecule has 0 atom stereocenters. The fraction of sp³-hybridized carbons (Fsp3) is 0.364. The van der Waals surface area contributed by atoms with Crippen molar-refractivity contribution in [2.24, 2.45) is 0 Å². The minimum Gasteiger partial charge on any atom is -0.258 e. The van der Waals surface area contributed by atoms with E-state index in [0.717, 1.165) is 15.2 Å². The van der Waals surface area contributed by atoms with Crippen LogP contribution in [0.5, 0.6) is 0 Å². The topological polar surface area (TPSA) is 56.0 Å². The van der Waals surface area contributed by atoms with E-state index in [1.165, 1.54) is 17.4 Å². The summed E-state index contributed by atoms with van der Waals surface area (Å²) >= 11 is 1.52. The normalized spacial score (nSPS) is 11.9. The van der Waals surface area contributed by atoms with Gasteiger partial charge in [0, 0.05) is 17.5 Å². The summed E-state index contributed by atoms with van der Waals surface area (Å²) in [4.78, 5) is 14.7. The van der Waals surface area contributed by atoms with Gasteiger partial charge in [-0.05, 0) is 6.07 Å². The number of fused-ring (bicyclic) bond motifs is 1. The monoisotopic (exact) mass is 236 g/mol. The molecule has 0 spiro atoms. The molecule has 1 heterocycles. The summed E-state index contributed by atoms with van der Waals surface area (Å²) in [5.41, 5.74) is 0.940. The zero-order valence-corrected chi connectivity index (χ0v) is 10.2. The highest BCUT2D eigenvalue weighted by Gasteiger charge is 2.19. The third-order valence-electron chi connectivity index (χ3n) is 2.22. The Morgan fingerprint density at radius 3 is 2.62 bits per heavy atom. The van der Waals surface area contributed by atoms with Crippen molar-refractivity contribution in [2.45, 2.75) is 26.2 Å². The minimum absolute atomic E-state index is 0.0154. The van der Waals surface area contributed by atoms with E-state index in [9.17, 15) is 10.1 Å². The Hall–Kier alpha value is -1.49. The van der Waals surface area contributed by atoms with E-state index in [-0.39, 0.29) is 16.0 Å². The Kier molecular flexibility index (Phi) is 2.42. The van der Waals surface area contributed by atoms with Crippen LogP contribution in [0, 0.1) is 10.1 Å². The van der Waals surface area contributed by atoms with Crippen molar-refractivity contribution in [3.63, 3.8) is 0 Å². The second kappa shape index (κ2) is 3.52. The number of thiazole rings is 1. The molecule has 2 aromatic rings. The largest absolute Gasteiger partial charge is 0.270 e. The van der Waals surface area contributed by atoms with Gasteiger partial charge >= 0.3 is 0 Å². The molecule has 0 unspecified atom stereocenters. The molecule has 1 aromatic carbocycles. The second-order valence-electron chi connectivity index (χ2n) is 4.68. The Bertz CT molecular complexity index is 555. The maximum Gasteiger partial charge on any atom is 0.270 e. The van der Waals surface area contributed by atoms with Crippen molar-refractivity contribution in [2.75, 3.05) is 0 Å². The Morgan fingerprint density at radius 1 is 1.38 bits per heavy atom. The molecule has 0 aliphatic carbocycles. The molecule has 0 saturated heterocycles. The van der Waals surface area contributed by atoms with E-state index >= 15 is 0 Å². The SMILES string of the molecule is CC(C)(C)c1nc2ccc([N+](=O)[O-])cc2s1. The zero-order valence-electron chi connectivity index (χ0n) is 9.35. The lowest BCUT2D eigenvalue weighted by molar-refractivity contribution is -0.384. The van der Waals surface area contributed by atoms with Gasteiger partial charge in [-0.25, -0.2) is 4.98 Å². The van der Waals surface area contributed by atoms with E-state index in [2.05, 4.69) is 25.8 Å². The van der Waals surface area contributed by atoms with Gasteiger partial charge in [-0.2, -0.15) is 0 Å². The Morgan fingerprint density at radius 2 is 2.06 bits per heavy atom. The third kappa shape index (κ3) is 1.90. The fourth-order valence-electron chi connectivity index (χ4n) is 1.35. The van der Waals surface area contributed by atoms with Gasteiger partial charge in [0.1, 0.15) is 0 Å². The fourth-order valence-corrected chi connectivity index (χ4v) is 2.40. The quantitative estimate of drug-likeness (QED) is 0.562. The highest BCUT2D eigenvalue weighted by molar-refractivity contribution is 7.18. The molecular formula is C11H12N2O2S. The lowest BCUT2D eigenvalue weighted by Gasteiger charge is -2.13. The van der Waals surface area contributed by atoms with E-state index in [0.29, 0.717) is 0 Å². The molecule has 5 heteroatoms. The van der Waals surface area contributed by atoms with Crippen LogP contribution in [0.1, 0.15) is 25.8 Å². The molecule has 0 radical (unpaired) electrons. The van der Waals surface area contributed by atoms with Crippen LogP contribution in [-0.2, 0) is 5.41 Å². The number of benzene rings is 1. The third-order valence-corrected chi connectivity index (χ3v) is 3.67. The molecule has 0 amide bonds. The van der Waals surface area contributed by atoms with Crippen molar-refractivity contribution in [3.8, 4) is 0 Å². The molecule has 0 saturated carbocycles. The first-order valence-corrected chi connectivity index (χ1v) is 5.75. The summed E-state index contributed by atoms with van der Waals surface area (Å²) in [6, 6.07) is 4.79. The first-order valence-electron chi connectivity index (χ1n) is 4.93. The number of nitro groups is 1. The summed E-state index contributed by atoms with van der Waals surface area (Å²) in [5, 5.41) is 11.6.